The summed E-state index contributed by atoms with van der Waals surface area (Å²) in [4.78, 5) is 11.8. The van der Waals surface area contributed by atoms with Crippen LogP contribution in [0.15, 0.2) is 24.3 Å². The Morgan fingerprint density at radius 2 is 2.05 bits per heavy atom. The van der Waals surface area contributed by atoms with Gasteiger partial charge in [0.25, 0.3) is 0 Å². The number of hydrogen-bond donors (Lipinski definition) is 3. The maximum atomic E-state index is 11.8. The van der Waals surface area contributed by atoms with Gasteiger partial charge >= 0.3 is 6.03 Å². The molecule has 21 heavy (non-hydrogen) atoms. The van der Waals surface area contributed by atoms with E-state index in [-0.39, 0.29) is 24.1 Å². The van der Waals surface area contributed by atoms with Crippen molar-refractivity contribution in [2.75, 3.05) is 13.2 Å². The van der Waals surface area contributed by atoms with Crippen LogP contribution in [-0.2, 0) is 0 Å². The van der Waals surface area contributed by atoms with Gasteiger partial charge in [0.15, 0.2) is 0 Å². The molecule has 5 heteroatoms. The lowest BCUT2D eigenvalue weighted by atomic mass is 9.89. The molecule has 4 nitrogen and oxygen atoms in total. The Bertz CT molecular complexity index is 463. The van der Waals surface area contributed by atoms with Crippen molar-refractivity contribution in [3.05, 3.63) is 34.9 Å². The first-order valence-electron chi connectivity index (χ1n) is 7.25. The van der Waals surface area contributed by atoms with Gasteiger partial charge in [0, 0.05) is 18.2 Å². The zero-order chi connectivity index (χ0) is 15.9. The maximum absolute atomic E-state index is 11.8. The molecule has 2 amide bonds. The van der Waals surface area contributed by atoms with E-state index in [4.69, 9.17) is 16.7 Å². The molecule has 0 aliphatic heterocycles. The fraction of sp³-hybridized carbons (Fsp3) is 0.562. The molecule has 0 aliphatic rings. The first-order valence-corrected chi connectivity index (χ1v) is 7.63. The number of halogens is 1. The monoisotopic (exact) mass is 312 g/mol. The van der Waals surface area contributed by atoms with Gasteiger partial charge in [-0.3, -0.25) is 0 Å². The fourth-order valence-electron chi connectivity index (χ4n) is 2.00. The zero-order valence-electron chi connectivity index (χ0n) is 12.9. The third-order valence-corrected chi connectivity index (χ3v) is 3.81. The van der Waals surface area contributed by atoms with Crippen molar-refractivity contribution in [3.63, 3.8) is 0 Å². The van der Waals surface area contributed by atoms with Crippen LogP contribution in [0.1, 0.15) is 45.2 Å². The van der Waals surface area contributed by atoms with E-state index in [0.29, 0.717) is 11.6 Å². The van der Waals surface area contributed by atoms with Crippen molar-refractivity contribution in [2.24, 2.45) is 5.41 Å². The van der Waals surface area contributed by atoms with E-state index in [0.717, 1.165) is 18.4 Å². The lowest BCUT2D eigenvalue weighted by molar-refractivity contribution is 0.148. The summed E-state index contributed by atoms with van der Waals surface area (Å²) in [6.45, 7) is 6.65. The minimum atomic E-state index is -0.204. The van der Waals surface area contributed by atoms with Gasteiger partial charge in [-0.2, -0.15) is 0 Å². The summed E-state index contributed by atoms with van der Waals surface area (Å²) in [6.07, 6.45) is 1.70. The van der Waals surface area contributed by atoms with Gasteiger partial charge in [0.05, 0.1) is 6.04 Å². The molecule has 0 spiro atoms. The first kappa shape index (κ1) is 17.8. The minimum Gasteiger partial charge on any atom is -0.396 e. The predicted molar refractivity (Wildman–Crippen MR) is 86.5 cm³/mol. The van der Waals surface area contributed by atoms with Crippen LogP contribution in [0.3, 0.4) is 0 Å². The molecule has 1 aromatic rings. The second-order valence-corrected chi connectivity index (χ2v) is 6.48. The van der Waals surface area contributed by atoms with Gasteiger partial charge in [0.1, 0.15) is 0 Å². The van der Waals surface area contributed by atoms with E-state index >= 15 is 0 Å². The average molecular weight is 313 g/mol. The standard InChI is InChI=1S/C16H25ClN2O2/c1-12(13-7-4-5-8-14(13)17)19-15(21)18-10-6-9-16(2,3)11-20/h4-5,7-8,12,20H,6,9-11H2,1-3H3,(H2,18,19,21). The molecule has 0 fully saturated rings. The molecule has 1 unspecified atom stereocenters. The molecule has 0 bridgehead atoms. The number of carbonyl (C=O) groups is 1. The molecule has 1 atom stereocenters. The van der Waals surface area contributed by atoms with Crippen LogP contribution in [0, 0.1) is 5.41 Å². The van der Waals surface area contributed by atoms with Crippen molar-refractivity contribution in [2.45, 2.75) is 39.7 Å². The number of benzene rings is 1. The van der Waals surface area contributed by atoms with Gasteiger partial charge in [-0.05, 0) is 36.8 Å². The third-order valence-electron chi connectivity index (χ3n) is 3.46. The highest BCUT2D eigenvalue weighted by molar-refractivity contribution is 6.31. The van der Waals surface area contributed by atoms with E-state index in [1.807, 2.05) is 45.0 Å². The molecule has 0 radical (unpaired) electrons. The molecule has 3 N–H and O–H groups in total. The van der Waals surface area contributed by atoms with Crippen molar-refractivity contribution < 1.29 is 9.90 Å². The van der Waals surface area contributed by atoms with Crippen molar-refractivity contribution in [1.29, 1.82) is 0 Å². The topological polar surface area (TPSA) is 61.4 Å². The van der Waals surface area contributed by atoms with Gasteiger partial charge in [-0.1, -0.05) is 43.6 Å². The van der Waals surface area contributed by atoms with Crippen molar-refractivity contribution >= 4 is 17.6 Å². The number of aliphatic hydroxyl groups is 1. The van der Waals surface area contributed by atoms with Crippen LogP contribution >= 0.6 is 11.6 Å². The Morgan fingerprint density at radius 1 is 1.38 bits per heavy atom. The zero-order valence-corrected chi connectivity index (χ0v) is 13.7. The molecular weight excluding hydrogens is 288 g/mol. The molecular formula is C16H25ClN2O2. The largest absolute Gasteiger partial charge is 0.396 e. The first-order chi connectivity index (χ1) is 9.85. The molecule has 1 rings (SSSR count). The Kier molecular flexibility index (Phi) is 6.99. The second-order valence-electron chi connectivity index (χ2n) is 6.07. The number of amides is 2. The van der Waals surface area contributed by atoms with E-state index in [1.54, 1.807) is 0 Å². The summed E-state index contributed by atoms with van der Waals surface area (Å²) in [7, 11) is 0. The summed E-state index contributed by atoms with van der Waals surface area (Å²) in [6, 6.07) is 7.12. The van der Waals surface area contributed by atoms with Gasteiger partial charge in [-0.25, -0.2) is 4.79 Å². The van der Waals surface area contributed by atoms with E-state index in [2.05, 4.69) is 10.6 Å². The Labute approximate surface area is 131 Å². The Balaban J connectivity index is 2.33. The fourth-order valence-corrected chi connectivity index (χ4v) is 2.30. The number of rotatable bonds is 7. The molecule has 0 saturated heterocycles. The summed E-state index contributed by atoms with van der Waals surface area (Å²) < 4.78 is 0. The van der Waals surface area contributed by atoms with E-state index in [1.165, 1.54) is 0 Å². The van der Waals surface area contributed by atoms with Gasteiger partial charge in [0.2, 0.25) is 0 Å². The normalized spacial score (nSPS) is 12.8. The number of hydrogen-bond acceptors (Lipinski definition) is 2. The maximum Gasteiger partial charge on any atom is 0.315 e. The van der Waals surface area contributed by atoms with Crippen molar-refractivity contribution in [3.8, 4) is 0 Å². The third kappa shape index (κ3) is 6.36. The smallest absolute Gasteiger partial charge is 0.315 e. The summed E-state index contributed by atoms with van der Waals surface area (Å²) in [5.74, 6) is 0. The Morgan fingerprint density at radius 3 is 2.67 bits per heavy atom. The predicted octanol–water partition coefficient (Wildman–Crippen LogP) is 3.50. The summed E-state index contributed by atoms with van der Waals surface area (Å²) in [5, 5.41) is 15.5. The molecule has 0 saturated carbocycles. The molecule has 0 heterocycles. The van der Waals surface area contributed by atoms with Crippen LogP contribution in [0.4, 0.5) is 4.79 Å². The number of aliphatic hydroxyl groups excluding tert-OH is 1. The van der Waals surface area contributed by atoms with Crippen molar-refractivity contribution in [1.82, 2.24) is 10.6 Å². The highest BCUT2D eigenvalue weighted by atomic mass is 35.5. The number of carbonyl (C=O) groups excluding carboxylic acids is 1. The van der Waals surface area contributed by atoms with Crippen LogP contribution in [0.25, 0.3) is 0 Å². The van der Waals surface area contributed by atoms with Gasteiger partial charge < -0.3 is 15.7 Å². The quantitative estimate of drug-likeness (QED) is 0.675. The molecule has 1 aromatic carbocycles. The summed E-state index contributed by atoms with van der Waals surface area (Å²) in [5.41, 5.74) is 0.805. The van der Waals surface area contributed by atoms with Crippen LogP contribution in [0.2, 0.25) is 5.02 Å². The molecule has 0 aliphatic carbocycles. The van der Waals surface area contributed by atoms with E-state index < -0.39 is 0 Å². The number of nitrogens with one attached hydrogen (secondary N) is 2. The van der Waals surface area contributed by atoms with Crippen LogP contribution in [0.5, 0.6) is 0 Å². The second kappa shape index (κ2) is 8.25. The molecule has 0 aromatic heterocycles. The molecule has 118 valence electrons. The van der Waals surface area contributed by atoms with Gasteiger partial charge in [-0.15, -0.1) is 0 Å². The summed E-state index contributed by atoms with van der Waals surface area (Å²) >= 11 is 6.10. The minimum absolute atomic E-state index is 0.0942. The number of urea groups is 1. The highest BCUT2D eigenvalue weighted by Crippen LogP contribution is 2.22. The SMILES string of the molecule is CC(NC(=O)NCCCC(C)(C)CO)c1ccccc1Cl. The average Bonchev–Trinajstić information content (AvgIpc) is 2.44. The lowest BCUT2D eigenvalue weighted by Gasteiger charge is -2.21. The Hall–Kier alpha value is -1.26. The van der Waals surface area contributed by atoms with E-state index in [9.17, 15) is 4.79 Å². The lowest BCUT2D eigenvalue weighted by Crippen LogP contribution is -2.37. The van der Waals surface area contributed by atoms with Crippen LogP contribution in [-0.4, -0.2) is 24.3 Å². The van der Waals surface area contributed by atoms with Crippen LogP contribution < -0.4 is 10.6 Å². The highest BCUT2D eigenvalue weighted by Gasteiger charge is 2.16.